The molecule has 0 amide bonds. The number of hydrogen-bond acceptors (Lipinski definition) is 2. The lowest BCUT2D eigenvalue weighted by Crippen LogP contribution is -1.88. The predicted molar refractivity (Wildman–Crippen MR) is 55.4 cm³/mol. The van der Waals surface area contributed by atoms with Gasteiger partial charge in [-0.1, -0.05) is 32.0 Å². The Bertz CT molecular complexity index is 241. The summed E-state index contributed by atoms with van der Waals surface area (Å²) in [5, 5.41) is 0. The van der Waals surface area contributed by atoms with Crippen LogP contribution in [0.5, 0.6) is 0 Å². The van der Waals surface area contributed by atoms with E-state index in [-0.39, 0.29) is 0 Å². The molecule has 0 aromatic heterocycles. The Hall–Kier alpha value is -1.44. The van der Waals surface area contributed by atoms with E-state index in [1.807, 2.05) is 38.1 Å². The lowest BCUT2D eigenvalue weighted by atomic mass is 10.2. The van der Waals surface area contributed by atoms with Crippen LogP contribution in [0.4, 0.5) is 5.69 Å². The van der Waals surface area contributed by atoms with Crippen LogP contribution < -0.4 is 11.5 Å². The lowest BCUT2D eigenvalue weighted by molar-refractivity contribution is 1.50. The molecule has 0 aliphatic carbocycles. The Kier molecular flexibility index (Phi) is 5.53. The molecule has 0 saturated heterocycles. The first kappa shape index (κ1) is 10.6. The molecule has 1 rings (SSSR count). The van der Waals surface area contributed by atoms with Crippen molar-refractivity contribution in [2.45, 2.75) is 13.8 Å². The number of nitrogen functional groups attached to an aromatic ring is 1. The summed E-state index contributed by atoms with van der Waals surface area (Å²) < 4.78 is 0. The Morgan fingerprint density at radius 2 is 1.75 bits per heavy atom. The van der Waals surface area contributed by atoms with Crippen molar-refractivity contribution in [3.63, 3.8) is 0 Å². The molecule has 4 N–H and O–H groups in total. The number of benzene rings is 1. The van der Waals surface area contributed by atoms with E-state index in [9.17, 15) is 0 Å². The molecular formula is C10H16N2. The maximum absolute atomic E-state index is 5.60. The number of anilines is 1. The monoisotopic (exact) mass is 164 g/mol. The molecule has 0 bridgehead atoms. The summed E-state index contributed by atoms with van der Waals surface area (Å²) in [6.45, 7) is 4.00. The highest BCUT2D eigenvalue weighted by atomic mass is 14.6. The van der Waals surface area contributed by atoms with Gasteiger partial charge >= 0.3 is 0 Å². The Morgan fingerprint density at radius 3 is 2.25 bits per heavy atom. The van der Waals surface area contributed by atoms with Gasteiger partial charge in [0.05, 0.1) is 0 Å². The molecule has 0 fully saturated rings. The topological polar surface area (TPSA) is 52.0 Å². The van der Waals surface area contributed by atoms with Gasteiger partial charge in [-0.15, -0.1) is 0 Å². The number of hydrogen-bond donors (Lipinski definition) is 2. The molecule has 0 heterocycles. The van der Waals surface area contributed by atoms with Crippen molar-refractivity contribution in [3.8, 4) is 0 Å². The summed E-state index contributed by atoms with van der Waals surface area (Å²) >= 11 is 0. The van der Waals surface area contributed by atoms with Crippen molar-refractivity contribution < 1.29 is 0 Å². The highest BCUT2D eigenvalue weighted by Gasteiger charge is 1.88. The van der Waals surface area contributed by atoms with Gasteiger partial charge in [-0.05, 0) is 23.9 Å². The molecule has 0 atom stereocenters. The third-order valence-corrected chi connectivity index (χ3v) is 1.27. The van der Waals surface area contributed by atoms with Crippen LogP contribution in [0, 0.1) is 0 Å². The molecule has 2 nitrogen and oxygen atoms in total. The standard InChI is InChI=1S/C8H10N2.C2H6/c9-6-5-7-3-1-2-4-8(7)10;1-2/h1-6H,9-10H2;1-2H3/b6-5-;. The molecule has 0 saturated carbocycles. The molecule has 0 spiro atoms. The van der Waals surface area contributed by atoms with Gasteiger partial charge in [0.25, 0.3) is 0 Å². The molecular weight excluding hydrogens is 148 g/mol. The normalized spacial score (nSPS) is 9.17. The Morgan fingerprint density at radius 1 is 1.17 bits per heavy atom. The van der Waals surface area contributed by atoms with Crippen LogP contribution in [0.15, 0.2) is 30.5 Å². The van der Waals surface area contributed by atoms with Gasteiger partial charge < -0.3 is 11.5 Å². The smallest absolute Gasteiger partial charge is 0.0388 e. The summed E-state index contributed by atoms with van der Waals surface area (Å²) in [6, 6.07) is 7.57. The lowest BCUT2D eigenvalue weighted by Gasteiger charge is -1.96. The first-order valence-corrected chi connectivity index (χ1v) is 4.07. The van der Waals surface area contributed by atoms with Crippen LogP contribution in [0.1, 0.15) is 19.4 Å². The van der Waals surface area contributed by atoms with E-state index in [1.54, 1.807) is 6.08 Å². The van der Waals surface area contributed by atoms with Crippen molar-refractivity contribution >= 4 is 11.8 Å². The number of para-hydroxylation sites is 1. The van der Waals surface area contributed by atoms with Crippen molar-refractivity contribution in [2.75, 3.05) is 5.73 Å². The fourth-order valence-corrected chi connectivity index (χ4v) is 0.766. The predicted octanol–water partition coefficient (Wildman–Crippen LogP) is 2.22. The van der Waals surface area contributed by atoms with Crippen LogP contribution in [0.25, 0.3) is 6.08 Å². The maximum atomic E-state index is 5.60. The van der Waals surface area contributed by atoms with Crippen LogP contribution in [-0.2, 0) is 0 Å². The van der Waals surface area contributed by atoms with Crippen LogP contribution in [-0.4, -0.2) is 0 Å². The zero-order chi connectivity index (χ0) is 9.40. The Labute approximate surface area is 73.9 Å². The number of rotatable bonds is 1. The summed E-state index contributed by atoms with van der Waals surface area (Å²) in [5.41, 5.74) is 12.5. The van der Waals surface area contributed by atoms with E-state index < -0.39 is 0 Å². The minimum atomic E-state index is 0.754. The highest BCUT2D eigenvalue weighted by Crippen LogP contribution is 2.10. The van der Waals surface area contributed by atoms with Crippen LogP contribution in [0.2, 0.25) is 0 Å². The largest absolute Gasteiger partial charge is 0.405 e. The van der Waals surface area contributed by atoms with Gasteiger partial charge in [0.1, 0.15) is 0 Å². The minimum absolute atomic E-state index is 0.754. The molecule has 0 unspecified atom stereocenters. The average Bonchev–Trinajstić information content (AvgIpc) is 2.13. The quantitative estimate of drug-likeness (QED) is 0.625. The first-order chi connectivity index (χ1) is 5.84. The Balaban J connectivity index is 0.000000561. The van der Waals surface area contributed by atoms with E-state index in [4.69, 9.17) is 11.5 Å². The second kappa shape index (κ2) is 6.28. The summed E-state index contributed by atoms with van der Waals surface area (Å²) in [5.74, 6) is 0. The van der Waals surface area contributed by atoms with E-state index in [0.717, 1.165) is 11.3 Å². The first-order valence-electron chi connectivity index (χ1n) is 4.07. The van der Waals surface area contributed by atoms with Crippen molar-refractivity contribution in [2.24, 2.45) is 5.73 Å². The third-order valence-electron chi connectivity index (χ3n) is 1.27. The van der Waals surface area contributed by atoms with Crippen molar-refractivity contribution in [1.82, 2.24) is 0 Å². The molecule has 1 aromatic rings. The summed E-state index contributed by atoms with van der Waals surface area (Å²) in [7, 11) is 0. The van der Waals surface area contributed by atoms with Gasteiger partial charge in [-0.3, -0.25) is 0 Å². The zero-order valence-corrected chi connectivity index (χ0v) is 7.62. The summed E-state index contributed by atoms with van der Waals surface area (Å²) in [6.07, 6.45) is 3.25. The highest BCUT2D eigenvalue weighted by molar-refractivity contribution is 5.63. The summed E-state index contributed by atoms with van der Waals surface area (Å²) in [4.78, 5) is 0. The van der Waals surface area contributed by atoms with E-state index >= 15 is 0 Å². The molecule has 1 aromatic carbocycles. The second-order valence-corrected chi connectivity index (χ2v) is 1.99. The van der Waals surface area contributed by atoms with E-state index in [2.05, 4.69) is 0 Å². The fourth-order valence-electron chi connectivity index (χ4n) is 0.766. The second-order valence-electron chi connectivity index (χ2n) is 1.99. The third kappa shape index (κ3) is 3.10. The molecule has 2 heteroatoms. The molecule has 12 heavy (non-hydrogen) atoms. The van der Waals surface area contributed by atoms with E-state index in [1.165, 1.54) is 6.20 Å². The molecule has 0 aliphatic heterocycles. The van der Waals surface area contributed by atoms with Gasteiger partial charge in [-0.2, -0.15) is 0 Å². The van der Waals surface area contributed by atoms with Crippen molar-refractivity contribution in [1.29, 1.82) is 0 Å². The molecule has 66 valence electrons. The van der Waals surface area contributed by atoms with Gasteiger partial charge in [-0.25, -0.2) is 0 Å². The SMILES string of the molecule is CC.N/C=C\c1ccccc1N. The van der Waals surface area contributed by atoms with Gasteiger partial charge in [0.15, 0.2) is 0 Å². The van der Waals surface area contributed by atoms with E-state index in [0.29, 0.717) is 0 Å². The van der Waals surface area contributed by atoms with Crippen LogP contribution in [0.3, 0.4) is 0 Å². The number of nitrogens with two attached hydrogens (primary N) is 2. The average molecular weight is 164 g/mol. The molecule has 0 aliphatic rings. The van der Waals surface area contributed by atoms with Crippen molar-refractivity contribution in [3.05, 3.63) is 36.0 Å². The van der Waals surface area contributed by atoms with Crippen LogP contribution >= 0.6 is 0 Å². The maximum Gasteiger partial charge on any atom is 0.0388 e. The fraction of sp³-hybridized carbons (Fsp3) is 0.200. The zero-order valence-electron chi connectivity index (χ0n) is 7.62. The van der Waals surface area contributed by atoms with Gasteiger partial charge in [0.2, 0.25) is 0 Å². The van der Waals surface area contributed by atoms with Gasteiger partial charge in [0, 0.05) is 5.69 Å². The minimum Gasteiger partial charge on any atom is -0.405 e. The molecule has 0 radical (unpaired) electrons.